The molecule has 8 heteroatoms. The van der Waals surface area contributed by atoms with Crippen molar-refractivity contribution in [3.8, 4) is 0 Å². The van der Waals surface area contributed by atoms with E-state index in [4.69, 9.17) is 16.7 Å². The quantitative estimate of drug-likeness (QED) is 0.884. The van der Waals surface area contributed by atoms with Crippen molar-refractivity contribution in [2.24, 2.45) is 0 Å². The van der Waals surface area contributed by atoms with Gasteiger partial charge in [0.1, 0.15) is 0 Å². The van der Waals surface area contributed by atoms with Crippen LogP contribution in [0.4, 0.5) is 5.69 Å². The Morgan fingerprint density at radius 1 is 1.50 bits per heavy atom. The minimum atomic E-state index is -3.93. The van der Waals surface area contributed by atoms with Gasteiger partial charge in [-0.15, -0.1) is 0 Å². The van der Waals surface area contributed by atoms with Gasteiger partial charge in [-0.2, -0.15) is 0 Å². The van der Waals surface area contributed by atoms with Crippen LogP contribution in [0.1, 0.15) is 0 Å². The molecule has 2 N–H and O–H groups in total. The maximum atomic E-state index is 11.3. The van der Waals surface area contributed by atoms with Crippen LogP contribution in [-0.4, -0.2) is 25.2 Å². The zero-order valence-corrected chi connectivity index (χ0v) is 10.9. The number of hydrogen-bond donors (Lipinski definition) is 2. The van der Waals surface area contributed by atoms with E-state index < -0.39 is 21.7 Å². The van der Waals surface area contributed by atoms with Crippen LogP contribution in [0.15, 0.2) is 22.7 Å². The summed E-state index contributed by atoms with van der Waals surface area (Å²) < 4.78 is 25.3. The Bertz CT molecular complexity index is 517. The summed E-state index contributed by atoms with van der Waals surface area (Å²) in [4.78, 5) is 10.3. The normalized spacial score (nSPS) is 11.1. The van der Waals surface area contributed by atoms with E-state index in [1.807, 2.05) is 0 Å². The molecule has 0 aliphatic carbocycles. The van der Waals surface area contributed by atoms with Crippen LogP contribution in [0.2, 0.25) is 5.02 Å². The number of sulfonamides is 1. The van der Waals surface area contributed by atoms with E-state index in [2.05, 4.69) is 20.7 Å². The average molecular weight is 329 g/mol. The SMILES string of the molecule is O=C(O)CS(=O)(=O)Nc1cc(Br)ccc1Cl. The molecule has 0 unspecified atom stereocenters. The molecule has 0 aromatic heterocycles. The third kappa shape index (κ3) is 3.99. The smallest absolute Gasteiger partial charge is 0.320 e. The third-order valence-corrected chi connectivity index (χ3v) is 3.49. The molecule has 0 spiro atoms. The van der Waals surface area contributed by atoms with E-state index >= 15 is 0 Å². The van der Waals surface area contributed by atoms with Gasteiger partial charge in [0.25, 0.3) is 0 Å². The summed E-state index contributed by atoms with van der Waals surface area (Å²) in [6, 6.07) is 4.57. The van der Waals surface area contributed by atoms with Gasteiger partial charge in [0.2, 0.25) is 10.0 Å². The van der Waals surface area contributed by atoms with Crippen LogP contribution >= 0.6 is 27.5 Å². The maximum Gasteiger partial charge on any atom is 0.320 e. The molecule has 0 radical (unpaired) electrons. The monoisotopic (exact) mass is 327 g/mol. The molecule has 0 saturated heterocycles. The minimum absolute atomic E-state index is 0.136. The van der Waals surface area contributed by atoms with E-state index in [9.17, 15) is 13.2 Å². The first kappa shape index (κ1) is 13.3. The van der Waals surface area contributed by atoms with E-state index in [-0.39, 0.29) is 10.7 Å². The highest BCUT2D eigenvalue weighted by atomic mass is 79.9. The molecular formula is C8H7BrClNO4S. The van der Waals surface area contributed by atoms with Crippen LogP contribution in [0.25, 0.3) is 0 Å². The molecule has 0 aliphatic heterocycles. The van der Waals surface area contributed by atoms with Gasteiger partial charge in [-0.1, -0.05) is 27.5 Å². The Kier molecular flexibility index (Phi) is 4.17. The van der Waals surface area contributed by atoms with Gasteiger partial charge in [0.05, 0.1) is 10.7 Å². The molecule has 1 aromatic rings. The Labute approximate surface area is 106 Å². The first-order valence-corrected chi connectivity index (χ1v) is 6.80. The molecule has 0 saturated carbocycles. The summed E-state index contributed by atoms with van der Waals surface area (Å²) in [7, 11) is -3.93. The van der Waals surface area contributed by atoms with Crippen molar-refractivity contribution in [3.05, 3.63) is 27.7 Å². The summed E-state index contributed by atoms with van der Waals surface area (Å²) in [5, 5.41) is 8.58. The fourth-order valence-electron chi connectivity index (χ4n) is 0.942. The number of anilines is 1. The predicted octanol–water partition coefficient (Wildman–Crippen LogP) is 1.93. The lowest BCUT2D eigenvalue weighted by Gasteiger charge is -2.08. The third-order valence-electron chi connectivity index (χ3n) is 1.51. The number of hydrogen-bond acceptors (Lipinski definition) is 3. The summed E-state index contributed by atoms with van der Waals surface area (Å²) in [5.41, 5.74) is 0.136. The topological polar surface area (TPSA) is 83.5 Å². The fraction of sp³-hybridized carbons (Fsp3) is 0.125. The van der Waals surface area contributed by atoms with Crippen molar-refractivity contribution in [2.75, 3.05) is 10.5 Å². The maximum absolute atomic E-state index is 11.3. The molecule has 5 nitrogen and oxygen atoms in total. The standard InChI is InChI=1S/C8H7BrClNO4S/c9-5-1-2-6(10)7(3-5)11-16(14,15)4-8(12)13/h1-3,11H,4H2,(H,12,13). The van der Waals surface area contributed by atoms with Gasteiger partial charge in [0.15, 0.2) is 5.75 Å². The van der Waals surface area contributed by atoms with Crippen LogP contribution in [0.5, 0.6) is 0 Å². The molecular weight excluding hydrogens is 322 g/mol. The van der Waals surface area contributed by atoms with Crippen molar-refractivity contribution < 1.29 is 18.3 Å². The molecule has 0 atom stereocenters. The van der Waals surface area contributed by atoms with Gasteiger partial charge >= 0.3 is 5.97 Å². The van der Waals surface area contributed by atoms with E-state index in [1.54, 1.807) is 6.07 Å². The Balaban J connectivity index is 2.96. The molecule has 0 bridgehead atoms. The van der Waals surface area contributed by atoms with Crippen molar-refractivity contribution in [3.63, 3.8) is 0 Å². The number of carbonyl (C=O) groups is 1. The van der Waals surface area contributed by atoms with Crippen LogP contribution in [-0.2, 0) is 14.8 Å². The second-order valence-electron chi connectivity index (χ2n) is 2.88. The van der Waals surface area contributed by atoms with Crippen LogP contribution in [0.3, 0.4) is 0 Å². The van der Waals surface area contributed by atoms with Gasteiger partial charge in [-0.3, -0.25) is 9.52 Å². The minimum Gasteiger partial charge on any atom is -0.480 e. The number of nitrogens with one attached hydrogen (secondary N) is 1. The zero-order valence-electron chi connectivity index (χ0n) is 7.78. The Morgan fingerprint density at radius 2 is 2.12 bits per heavy atom. The van der Waals surface area contributed by atoms with E-state index in [1.165, 1.54) is 12.1 Å². The lowest BCUT2D eigenvalue weighted by molar-refractivity contribution is -0.134. The van der Waals surface area contributed by atoms with Gasteiger partial charge in [0, 0.05) is 4.47 Å². The highest BCUT2D eigenvalue weighted by molar-refractivity contribution is 9.10. The van der Waals surface area contributed by atoms with Gasteiger partial charge in [-0.05, 0) is 18.2 Å². The Hall–Kier alpha value is -0.790. The number of aliphatic carboxylic acids is 1. The highest BCUT2D eigenvalue weighted by Crippen LogP contribution is 2.26. The summed E-state index contributed by atoms with van der Waals surface area (Å²) in [6.07, 6.45) is 0. The van der Waals surface area contributed by atoms with Crippen LogP contribution in [0, 0.1) is 0 Å². The van der Waals surface area contributed by atoms with Crippen molar-refractivity contribution in [1.29, 1.82) is 0 Å². The number of benzene rings is 1. The largest absolute Gasteiger partial charge is 0.480 e. The summed E-state index contributed by atoms with van der Waals surface area (Å²) in [5.74, 6) is -2.44. The summed E-state index contributed by atoms with van der Waals surface area (Å²) in [6.45, 7) is 0. The average Bonchev–Trinajstić information content (AvgIpc) is 2.08. The molecule has 1 rings (SSSR count). The first-order valence-electron chi connectivity index (χ1n) is 3.97. The highest BCUT2D eigenvalue weighted by Gasteiger charge is 2.16. The molecule has 1 aromatic carbocycles. The van der Waals surface area contributed by atoms with Gasteiger partial charge < -0.3 is 5.11 Å². The number of carboxylic acids is 1. The molecule has 0 fully saturated rings. The zero-order chi connectivity index (χ0) is 12.3. The molecule has 0 heterocycles. The second-order valence-corrected chi connectivity index (χ2v) is 5.92. The molecule has 16 heavy (non-hydrogen) atoms. The first-order chi connectivity index (χ1) is 7.30. The van der Waals surface area contributed by atoms with E-state index in [0.29, 0.717) is 4.47 Å². The van der Waals surface area contributed by atoms with E-state index in [0.717, 1.165) is 0 Å². The predicted molar refractivity (Wildman–Crippen MR) is 64.2 cm³/mol. The number of rotatable bonds is 4. The van der Waals surface area contributed by atoms with Gasteiger partial charge in [-0.25, -0.2) is 8.42 Å². The summed E-state index contributed by atoms with van der Waals surface area (Å²) >= 11 is 8.89. The number of carboxylic acid groups (broad SMARTS) is 1. The van der Waals surface area contributed by atoms with Crippen molar-refractivity contribution in [2.45, 2.75) is 0 Å². The fourth-order valence-corrected chi connectivity index (χ4v) is 2.43. The lowest BCUT2D eigenvalue weighted by atomic mass is 10.3. The van der Waals surface area contributed by atoms with Crippen LogP contribution < -0.4 is 4.72 Å². The Morgan fingerprint density at radius 3 is 2.69 bits per heavy atom. The number of halogens is 2. The molecule has 0 aliphatic rings. The van der Waals surface area contributed by atoms with Crippen molar-refractivity contribution >= 4 is 49.2 Å². The second kappa shape index (κ2) is 5.03. The molecule has 0 amide bonds. The lowest BCUT2D eigenvalue weighted by Crippen LogP contribution is -2.22. The molecule has 88 valence electrons. The van der Waals surface area contributed by atoms with Crippen molar-refractivity contribution in [1.82, 2.24) is 0 Å².